The van der Waals surface area contributed by atoms with Crippen molar-refractivity contribution in [3.8, 4) is 0 Å². The number of benzene rings is 1. The summed E-state index contributed by atoms with van der Waals surface area (Å²) in [7, 11) is 0. The lowest BCUT2D eigenvalue weighted by Gasteiger charge is -2.09. The number of thiazole rings is 1. The van der Waals surface area contributed by atoms with Gasteiger partial charge >= 0.3 is 0 Å². The van der Waals surface area contributed by atoms with E-state index in [-0.39, 0.29) is 6.10 Å². The molecule has 3 heteroatoms. The standard InChI is InChI=1S/C13H15NOS/c15-13(11-5-2-1-3-6-11)8-4-7-12-9-16-10-14-12/h1-3,5-6,9-10,13,15H,4,7-8H2. The summed E-state index contributed by atoms with van der Waals surface area (Å²) in [4.78, 5) is 4.22. The number of hydrogen-bond donors (Lipinski definition) is 1. The molecule has 0 saturated heterocycles. The highest BCUT2D eigenvalue weighted by atomic mass is 32.1. The van der Waals surface area contributed by atoms with Crippen LogP contribution >= 0.6 is 11.3 Å². The summed E-state index contributed by atoms with van der Waals surface area (Å²) < 4.78 is 0. The third-order valence-corrected chi connectivity index (χ3v) is 3.21. The lowest BCUT2D eigenvalue weighted by Crippen LogP contribution is -1.98. The van der Waals surface area contributed by atoms with Gasteiger partial charge in [0.25, 0.3) is 0 Å². The lowest BCUT2D eigenvalue weighted by atomic mass is 10.0. The van der Waals surface area contributed by atoms with E-state index in [0.29, 0.717) is 0 Å². The Kier molecular flexibility index (Phi) is 4.08. The van der Waals surface area contributed by atoms with Crippen LogP contribution in [0.1, 0.15) is 30.2 Å². The normalized spacial score (nSPS) is 12.6. The molecule has 2 aromatic rings. The lowest BCUT2D eigenvalue weighted by molar-refractivity contribution is 0.164. The van der Waals surface area contributed by atoms with Crippen molar-refractivity contribution in [3.63, 3.8) is 0 Å². The molecule has 0 amide bonds. The average molecular weight is 233 g/mol. The van der Waals surface area contributed by atoms with E-state index in [1.54, 1.807) is 11.3 Å². The van der Waals surface area contributed by atoms with Gasteiger partial charge in [-0.1, -0.05) is 30.3 Å². The molecule has 0 aliphatic heterocycles. The first kappa shape index (κ1) is 11.3. The molecule has 1 N–H and O–H groups in total. The first-order chi connectivity index (χ1) is 7.86. The van der Waals surface area contributed by atoms with Crippen LogP contribution in [0.4, 0.5) is 0 Å². The van der Waals surface area contributed by atoms with Crippen LogP contribution in [0.3, 0.4) is 0 Å². The van der Waals surface area contributed by atoms with E-state index in [4.69, 9.17) is 0 Å². The van der Waals surface area contributed by atoms with Gasteiger partial charge in [0.2, 0.25) is 0 Å². The van der Waals surface area contributed by atoms with Crippen molar-refractivity contribution in [1.29, 1.82) is 0 Å². The quantitative estimate of drug-likeness (QED) is 0.860. The van der Waals surface area contributed by atoms with Gasteiger partial charge in [-0.05, 0) is 24.8 Å². The first-order valence-electron chi connectivity index (χ1n) is 5.46. The molecule has 0 radical (unpaired) electrons. The average Bonchev–Trinajstić information content (AvgIpc) is 2.83. The Morgan fingerprint density at radius 3 is 2.75 bits per heavy atom. The minimum atomic E-state index is -0.347. The molecule has 1 heterocycles. The Morgan fingerprint density at radius 2 is 2.06 bits per heavy atom. The number of nitrogens with zero attached hydrogens (tertiary/aromatic N) is 1. The van der Waals surface area contributed by atoms with Gasteiger partial charge in [-0.3, -0.25) is 0 Å². The monoisotopic (exact) mass is 233 g/mol. The predicted octanol–water partition coefficient (Wildman–Crippen LogP) is 3.20. The molecule has 1 atom stereocenters. The van der Waals surface area contributed by atoms with Crippen molar-refractivity contribution in [2.75, 3.05) is 0 Å². The van der Waals surface area contributed by atoms with Crippen molar-refractivity contribution in [2.24, 2.45) is 0 Å². The first-order valence-corrected chi connectivity index (χ1v) is 6.40. The summed E-state index contributed by atoms with van der Waals surface area (Å²) in [6.45, 7) is 0. The SMILES string of the molecule is OC(CCCc1cscn1)c1ccccc1. The summed E-state index contributed by atoms with van der Waals surface area (Å²) in [5.74, 6) is 0. The van der Waals surface area contributed by atoms with Gasteiger partial charge in [0, 0.05) is 5.38 Å². The highest BCUT2D eigenvalue weighted by Crippen LogP contribution is 2.18. The third kappa shape index (κ3) is 3.15. The largest absolute Gasteiger partial charge is 0.388 e. The minimum absolute atomic E-state index is 0.347. The van der Waals surface area contributed by atoms with Gasteiger partial charge in [-0.15, -0.1) is 11.3 Å². The fraction of sp³-hybridized carbons (Fsp3) is 0.308. The fourth-order valence-electron chi connectivity index (χ4n) is 1.68. The van der Waals surface area contributed by atoms with Gasteiger partial charge in [-0.25, -0.2) is 4.98 Å². The van der Waals surface area contributed by atoms with Crippen LogP contribution in [0.5, 0.6) is 0 Å². The van der Waals surface area contributed by atoms with Gasteiger partial charge in [0.05, 0.1) is 17.3 Å². The van der Waals surface area contributed by atoms with E-state index in [2.05, 4.69) is 10.4 Å². The molecular formula is C13H15NOS. The Balaban J connectivity index is 1.78. The van der Waals surface area contributed by atoms with Crippen molar-refractivity contribution in [3.05, 3.63) is 52.5 Å². The molecule has 16 heavy (non-hydrogen) atoms. The molecule has 84 valence electrons. The van der Waals surface area contributed by atoms with Crippen LogP contribution in [0.25, 0.3) is 0 Å². The molecule has 0 spiro atoms. The summed E-state index contributed by atoms with van der Waals surface area (Å²) >= 11 is 1.62. The summed E-state index contributed by atoms with van der Waals surface area (Å²) in [6, 6.07) is 9.81. The summed E-state index contributed by atoms with van der Waals surface area (Å²) in [5, 5.41) is 12.0. The van der Waals surface area contributed by atoms with Crippen molar-refractivity contribution in [2.45, 2.75) is 25.4 Å². The van der Waals surface area contributed by atoms with Crippen LogP contribution in [0.15, 0.2) is 41.2 Å². The van der Waals surface area contributed by atoms with Crippen molar-refractivity contribution in [1.82, 2.24) is 4.98 Å². The molecule has 0 aliphatic carbocycles. The molecule has 1 aromatic carbocycles. The van der Waals surface area contributed by atoms with Gasteiger partial charge in [0.15, 0.2) is 0 Å². The molecule has 2 nitrogen and oxygen atoms in total. The molecule has 0 saturated carbocycles. The second-order valence-corrected chi connectivity index (χ2v) is 4.52. The van der Waals surface area contributed by atoms with E-state index >= 15 is 0 Å². The maximum atomic E-state index is 9.93. The second kappa shape index (κ2) is 5.77. The minimum Gasteiger partial charge on any atom is -0.388 e. The molecule has 1 aromatic heterocycles. The number of aromatic nitrogens is 1. The number of aliphatic hydroxyl groups excluding tert-OH is 1. The smallest absolute Gasteiger partial charge is 0.0794 e. The third-order valence-electron chi connectivity index (χ3n) is 2.58. The topological polar surface area (TPSA) is 33.1 Å². The molecule has 0 aliphatic rings. The molecule has 0 fully saturated rings. The van der Waals surface area contributed by atoms with E-state index in [0.717, 1.165) is 30.5 Å². The van der Waals surface area contributed by atoms with Gasteiger partial charge in [-0.2, -0.15) is 0 Å². The van der Waals surface area contributed by atoms with E-state index in [1.807, 2.05) is 35.8 Å². The molecule has 1 unspecified atom stereocenters. The highest BCUT2D eigenvalue weighted by Gasteiger charge is 2.06. The van der Waals surface area contributed by atoms with Crippen LogP contribution < -0.4 is 0 Å². The Labute approximate surface area is 99.6 Å². The van der Waals surface area contributed by atoms with Gasteiger partial charge in [0.1, 0.15) is 0 Å². The summed E-state index contributed by atoms with van der Waals surface area (Å²) in [5.41, 5.74) is 3.98. The van der Waals surface area contributed by atoms with Crippen molar-refractivity contribution < 1.29 is 5.11 Å². The van der Waals surface area contributed by atoms with Crippen LogP contribution in [0.2, 0.25) is 0 Å². The van der Waals surface area contributed by atoms with Gasteiger partial charge < -0.3 is 5.11 Å². The van der Waals surface area contributed by atoms with E-state index in [1.165, 1.54) is 0 Å². The zero-order valence-electron chi connectivity index (χ0n) is 9.04. The summed E-state index contributed by atoms with van der Waals surface area (Å²) in [6.07, 6.45) is 2.37. The zero-order chi connectivity index (χ0) is 11.2. The van der Waals surface area contributed by atoms with Crippen LogP contribution in [-0.4, -0.2) is 10.1 Å². The Hall–Kier alpha value is -1.19. The van der Waals surface area contributed by atoms with Crippen LogP contribution in [0, 0.1) is 0 Å². The molecule has 0 bridgehead atoms. The maximum Gasteiger partial charge on any atom is 0.0794 e. The highest BCUT2D eigenvalue weighted by molar-refractivity contribution is 7.07. The van der Waals surface area contributed by atoms with E-state index < -0.39 is 0 Å². The molecular weight excluding hydrogens is 218 g/mol. The fourth-order valence-corrected chi connectivity index (χ4v) is 2.27. The number of aryl methyl sites for hydroxylation is 1. The molecule has 2 rings (SSSR count). The number of aliphatic hydroxyl groups is 1. The Bertz CT molecular complexity index is 399. The number of hydrogen-bond acceptors (Lipinski definition) is 3. The Morgan fingerprint density at radius 1 is 1.25 bits per heavy atom. The number of rotatable bonds is 5. The van der Waals surface area contributed by atoms with Crippen LogP contribution in [-0.2, 0) is 6.42 Å². The maximum absolute atomic E-state index is 9.93. The van der Waals surface area contributed by atoms with E-state index in [9.17, 15) is 5.11 Å². The zero-order valence-corrected chi connectivity index (χ0v) is 9.86. The predicted molar refractivity (Wildman–Crippen MR) is 66.5 cm³/mol. The van der Waals surface area contributed by atoms with Crippen molar-refractivity contribution >= 4 is 11.3 Å². The second-order valence-electron chi connectivity index (χ2n) is 3.80.